The molecular formula is C12H27N5O. The minimum Gasteiger partial charge on any atom is -0.382 e. The van der Waals surface area contributed by atoms with Gasteiger partial charge in [-0.15, -0.1) is 0 Å². The van der Waals surface area contributed by atoms with E-state index in [-0.39, 0.29) is 0 Å². The maximum Gasteiger partial charge on any atom is 0.208 e. The van der Waals surface area contributed by atoms with Crippen LogP contribution < -0.4 is 11.3 Å². The first-order valence-electron chi connectivity index (χ1n) is 6.80. The summed E-state index contributed by atoms with van der Waals surface area (Å²) >= 11 is 0. The average Bonchev–Trinajstić information content (AvgIpc) is 2.59. The third-order valence-electron chi connectivity index (χ3n) is 3.06. The van der Waals surface area contributed by atoms with Gasteiger partial charge < -0.3 is 14.5 Å². The molecule has 1 fully saturated rings. The SMILES string of the molecule is CCOCCCN=C(NN)N1CCCN(C)CC1. The van der Waals surface area contributed by atoms with Crippen LogP contribution in [0, 0.1) is 0 Å². The molecule has 18 heavy (non-hydrogen) atoms. The Morgan fingerprint density at radius 2 is 2.17 bits per heavy atom. The van der Waals surface area contributed by atoms with E-state index in [9.17, 15) is 0 Å². The fourth-order valence-electron chi connectivity index (χ4n) is 1.99. The molecule has 0 amide bonds. The summed E-state index contributed by atoms with van der Waals surface area (Å²) in [5, 5.41) is 0. The normalized spacial score (nSPS) is 18.8. The summed E-state index contributed by atoms with van der Waals surface area (Å²) in [5.41, 5.74) is 2.72. The first-order valence-corrected chi connectivity index (χ1v) is 6.80. The number of aliphatic imine (C=N–C) groups is 1. The van der Waals surface area contributed by atoms with Crippen molar-refractivity contribution in [2.75, 3.05) is 53.0 Å². The fourth-order valence-corrected chi connectivity index (χ4v) is 1.99. The van der Waals surface area contributed by atoms with Crippen molar-refractivity contribution >= 4 is 5.96 Å². The van der Waals surface area contributed by atoms with Crippen LogP contribution in [-0.2, 0) is 4.74 Å². The third-order valence-corrected chi connectivity index (χ3v) is 3.06. The van der Waals surface area contributed by atoms with Crippen molar-refractivity contribution in [3.05, 3.63) is 0 Å². The first kappa shape index (κ1) is 15.2. The van der Waals surface area contributed by atoms with Gasteiger partial charge in [-0.2, -0.15) is 0 Å². The Kier molecular flexibility index (Phi) is 7.71. The Morgan fingerprint density at radius 1 is 1.33 bits per heavy atom. The Bertz CT molecular complexity index is 247. The zero-order chi connectivity index (χ0) is 13.2. The molecule has 0 unspecified atom stereocenters. The fraction of sp³-hybridized carbons (Fsp3) is 0.917. The monoisotopic (exact) mass is 257 g/mol. The van der Waals surface area contributed by atoms with E-state index in [2.05, 4.69) is 27.3 Å². The predicted molar refractivity (Wildman–Crippen MR) is 74.4 cm³/mol. The maximum absolute atomic E-state index is 5.56. The molecule has 6 heteroatoms. The van der Waals surface area contributed by atoms with Gasteiger partial charge in [-0.3, -0.25) is 10.4 Å². The maximum atomic E-state index is 5.56. The molecule has 0 saturated carbocycles. The van der Waals surface area contributed by atoms with Crippen molar-refractivity contribution in [1.29, 1.82) is 0 Å². The van der Waals surface area contributed by atoms with Gasteiger partial charge in [0.05, 0.1) is 0 Å². The van der Waals surface area contributed by atoms with E-state index in [1.807, 2.05) is 6.92 Å². The van der Waals surface area contributed by atoms with Gasteiger partial charge >= 0.3 is 0 Å². The number of nitrogens with zero attached hydrogens (tertiary/aromatic N) is 3. The quantitative estimate of drug-likeness (QED) is 0.236. The summed E-state index contributed by atoms with van der Waals surface area (Å²) in [6, 6.07) is 0. The lowest BCUT2D eigenvalue weighted by molar-refractivity contribution is 0.146. The first-order chi connectivity index (χ1) is 8.77. The molecule has 1 saturated heterocycles. The van der Waals surface area contributed by atoms with Crippen LogP contribution in [0.2, 0.25) is 0 Å². The van der Waals surface area contributed by atoms with Gasteiger partial charge in [0.25, 0.3) is 0 Å². The lowest BCUT2D eigenvalue weighted by atomic mass is 10.4. The minimum atomic E-state index is 0.756. The van der Waals surface area contributed by atoms with Crippen LogP contribution in [0.15, 0.2) is 4.99 Å². The molecule has 1 aliphatic rings. The number of likely N-dealkylation sites (N-methyl/N-ethyl adjacent to an activating group) is 1. The lowest BCUT2D eigenvalue weighted by Crippen LogP contribution is -2.46. The van der Waals surface area contributed by atoms with Crippen LogP contribution in [0.5, 0.6) is 0 Å². The second kappa shape index (κ2) is 9.13. The molecule has 106 valence electrons. The minimum absolute atomic E-state index is 0.756. The molecule has 1 heterocycles. The van der Waals surface area contributed by atoms with Crippen LogP contribution in [0.4, 0.5) is 0 Å². The number of rotatable bonds is 5. The summed E-state index contributed by atoms with van der Waals surface area (Å²) in [4.78, 5) is 9.08. The Balaban J connectivity index is 2.36. The van der Waals surface area contributed by atoms with E-state index in [1.165, 1.54) is 0 Å². The van der Waals surface area contributed by atoms with Crippen molar-refractivity contribution in [1.82, 2.24) is 15.2 Å². The van der Waals surface area contributed by atoms with Gasteiger partial charge in [-0.05, 0) is 33.4 Å². The molecule has 0 spiro atoms. The number of hydrazine groups is 1. The number of guanidine groups is 1. The van der Waals surface area contributed by atoms with E-state index in [1.54, 1.807) is 0 Å². The number of hydrogen-bond donors (Lipinski definition) is 2. The summed E-state index contributed by atoms with van der Waals surface area (Å²) in [6.07, 6.45) is 2.09. The molecule has 0 aromatic carbocycles. The smallest absolute Gasteiger partial charge is 0.208 e. The molecule has 1 rings (SSSR count). The number of ether oxygens (including phenoxy) is 1. The largest absolute Gasteiger partial charge is 0.382 e. The van der Waals surface area contributed by atoms with Crippen LogP contribution in [0.1, 0.15) is 19.8 Å². The molecule has 0 bridgehead atoms. The van der Waals surface area contributed by atoms with Gasteiger partial charge in [-0.25, -0.2) is 5.84 Å². The van der Waals surface area contributed by atoms with E-state index >= 15 is 0 Å². The topological polar surface area (TPSA) is 66.1 Å². The second-order valence-corrected chi connectivity index (χ2v) is 4.54. The molecule has 0 atom stereocenters. The van der Waals surface area contributed by atoms with Crippen molar-refractivity contribution < 1.29 is 4.74 Å². The summed E-state index contributed by atoms with van der Waals surface area (Å²) in [5.74, 6) is 6.37. The number of nitrogens with one attached hydrogen (secondary N) is 1. The van der Waals surface area contributed by atoms with Gasteiger partial charge in [0.2, 0.25) is 5.96 Å². The number of nitrogens with two attached hydrogens (primary N) is 1. The average molecular weight is 257 g/mol. The summed E-state index contributed by atoms with van der Waals surface area (Å²) < 4.78 is 5.29. The van der Waals surface area contributed by atoms with Crippen molar-refractivity contribution in [2.24, 2.45) is 10.8 Å². The molecule has 0 radical (unpaired) electrons. The van der Waals surface area contributed by atoms with Crippen molar-refractivity contribution in [3.63, 3.8) is 0 Å². The van der Waals surface area contributed by atoms with Crippen molar-refractivity contribution in [3.8, 4) is 0 Å². The van der Waals surface area contributed by atoms with E-state index in [4.69, 9.17) is 10.6 Å². The molecule has 0 aromatic heterocycles. The molecule has 6 nitrogen and oxygen atoms in total. The standard InChI is InChI=1S/C12H27N5O/c1-3-18-11-4-6-14-12(15-13)17-8-5-7-16(2)9-10-17/h3-11,13H2,1-2H3,(H,14,15). The van der Waals surface area contributed by atoms with Gasteiger partial charge in [0.15, 0.2) is 0 Å². The summed E-state index contributed by atoms with van der Waals surface area (Å²) in [7, 11) is 2.15. The lowest BCUT2D eigenvalue weighted by Gasteiger charge is -2.23. The van der Waals surface area contributed by atoms with E-state index in [0.717, 1.165) is 64.7 Å². The molecular weight excluding hydrogens is 230 g/mol. The van der Waals surface area contributed by atoms with Crippen LogP contribution >= 0.6 is 0 Å². The van der Waals surface area contributed by atoms with Crippen LogP contribution in [0.25, 0.3) is 0 Å². The number of hydrogen-bond acceptors (Lipinski definition) is 4. The van der Waals surface area contributed by atoms with Gasteiger partial charge in [0, 0.05) is 39.4 Å². The second-order valence-electron chi connectivity index (χ2n) is 4.54. The molecule has 0 aromatic rings. The molecule has 1 aliphatic heterocycles. The highest BCUT2D eigenvalue weighted by molar-refractivity contribution is 5.79. The van der Waals surface area contributed by atoms with E-state index in [0.29, 0.717) is 0 Å². The Morgan fingerprint density at radius 3 is 2.89 bits per heavy atom. The highest BCUT2D eigenvalue weighted by atomic mass is 16.5. The highest BCUT2D eigenvalue weighted by Crippen LogP contribution is 2.01. The van der Waals surface area contributed by atoms with Gasteiger partial charge in [0.1, 0.15) is 0 Å². The highest BCUT2D eigenvalue weighted by Gasteiger charge is 2.14. The zero-order valence-corrected chi connectivity index (χ0v) is 11.7. The van der Waals surface area contributed by atoms with Crippen LogP contribution in [-0.4, -0.2) is 68.7 Å². The Labute approximate surface area is 110 Å². The van der Waals surface area contributed by atoms with E-state index < -0.39 is 0 Å². The molecule has 3 N–H and O–H groups in total. The van der Waals surface area contributed by atoms with Gasteiger partial charge in [-0.1, -0.05) is 0 Å². The van der Waals surface area contributed by atoms with Crippen LogP contribution in [0.3, 0.4) is 0 Å². The Hall–Kier alpha value is -0.850. The zero-order valence-electron chi connectivity index (χ0n) is 11.7. The third kappa shape index (κ3) is 5.66. The summed E-state index contributed by atoms with van der Waals surface area (Å²) in [6.45, 7) is 8.47. The molecule has 0 aliphatic carbocycles. The van der Waals surface area contributed by atoms with Crippen molar-refractivity contribution in [2.45, 2.75) is 19.8 Å². The predicted octanol–water partition coefficient (Wildman–Crippen LogP) is -0.130.